The van der Waals surface area contributed by atoms with Crippen LogP contribution in [-0.2, 0) is 14.3 Å². The first-order chi connectivity index (χ1) is 12.1. The van der Waals surface area contributed by atoms with E-state index in [9.17, 15) is 9.59 Å². The molecule has 2 aliphatic rings. The molecule has 2 heterocycles. The maximum absolute atomic E-state index is 12.3. The van der Waals surface area contributed by atoms with E-state index < -0.39 is 0 Å². The summed E-state index contributed by atoms with van der Waals surface area (Å²) in [5.74, 6) is -0.0806. The molecule has 6 nitrogen and oxygen atoms in total. The standard InChI is InChI=1S/C19H27N3O3/c1-22-11-9-15(10-12-22)25-13-18(24)20-16-7-8-17(23)21-19(16)14-5-3-2-4-6-14/h2-6,15-16,19H,7-13H2,1H3,(H,20,24)(H,21,23)/t16-,19+/m1/s1. The fourth-order valence-corrected chi connectivity index (χ4v) is 3.52. The van der Waals surface area contributed by atoms with Crippen LogP contribution in [0.2, 0.25) is 0 Å². The van der Waals surface area contributed by atoms with Gasteiger partial charge in [-0.3, -0.25) is 9.59 Å². The monoisotopic (exact) mass is 345 g/mol. The number of ether oxygens (including phenoxy) is 1. The Balaban J connectivity index is 1.52. The van der Waals surface area contributed by atoms with Gasteiger partial charge in [0.1, 0.15) is 6.61 Å². The molecule has 0 radical (unpaired) electrons. The molecule has 0 bridgehead atoms. The van der Waals surface area contributed by atoms with E-state index in [1.807, 2.05) is 30.3 Å². The summed E-state index contributed by atoms with van der Waals surface area (Å²) in [7, 11) is 2.10. The van der Waals surface area contributed by atoms with E-state index in [-0.39, 0.29) is 36.6 Å². The summed E-state index contributed by atoms with van der Waals surface area (Å²) in [5.41, 5.74) is 1.01. The molecule has 0 aliphatic carbocycles. The van der Waals surface area contributed by atoms with Crippen LogP contribution in [0.25, 0.3) is 0 Å². The molecular formula is C19H27N3O3. The first-order valence-corrected chi connectivity index (χ1v) is 9.05. The molecule has 1 aromatic carbocycles. The largest absolute Gasteiger partial charge is 0.368 e. The van der Waals surface area contributed by atoms with Gasteiger partial charge in [0.25, 0.3) is 0 Å². The molecule has 2 N–H and O–H groups in total. The Bertz CT molecular complexity index is 585. The molecule has 0 unspecified atom stereocenters. The number of nitrogens with zero attached hydrogens (tertiary/aromatic N) is 1. The fourth-order valence-electron chi connectivity index (χ4n) is 3.52. The van der Waals surface area contributed by atoms with E-state index in [2.05, 4.69) is 22.6 Å². The summed E-state index contributed by atoms with van der Waals surface area (Å²) in [4.78, 5) is 26.4. The molecule has 3 rings (SSSR count). The minimum absolute atomic E-state index is 0.0296. The highest BCUT2D eigenvalue weighted by atomic mass is 16.5. The quantitative estimate of drug-likeness (QED) is 0.842. The normalized spacial score (nSPS) is 25.4. The van der Waals surface area contributed by atoms with Gasteiger partial charge in [-0.1, -0.05) is 30.3 Å². The van der Waals surface area contributed by atoms with Crippen LogP contribution in [0.15, 0.2) is 30.3 Å². The number of benzene rings is 1. The second-order valence-electron chi connectivity index (χ2n) is 6.98. The van der Waals surface area contributed by atoms with E-state index in [0.29, 0.717) is 12.8 Å². The molecule has 2 aliphatic heterocycles. The maximum atomic E-state index is 12.3. The lowest BCUT2D eigenvalue weighted by atomic mass is 9.92. The maximum Gasteiger partial charge on any atom is 0.246 e. The van der Waals surface area contributed by atoms with E-state index in [0.717, 1.165) is 31.5 Å². The first kappa shape index (κ1) is 17.9. The van der Waals surface area contributed by atoms with Crippen LogP contribution in [0.5, 0.6) is 0 Å². The Labute approximate surface area is 148 Å². The third-order valence-corrected chi connectivity index (χ3v) is 5.02. The van der Waals surface area contributed by atoms with Crippen molar-refractivity contribution in [3.63, 3.8) is 0 Å². The van der Waals surface area contributed by atoms with Gasteiger partial charge in [-0.2, -0.15) is 0 Å². The summed E-state index contributed by atoms with van der Waals surface area (Å²) in [6.45, 7) is 2.11. The van der Waals surface area contributed by atoms with Gasteiger partial charge in [-0.25, -0.2) is 0 Å². The Kier molecular flexibility index (Phi) is 6.04. The predicted molar refractivity (Wildman–Crippen MR) is 95.0 cm³/mol. The molecule has 6 heteroatoms. The molecule has 1 aromatic rings. The molecule has 2 atom stereocenters. The van der Waals surface area contributed by atoms with Gasteiger partial charge in [0.05, 0.1) is 18.2 Å². The zero-order valence-electron chi connectivity index (χ0n) is 14.7. The lowest BCUT2D eigenvalue weighted by Gasteiger charge is -2.33. The Morgan fingerprint density at radius 3 is 2.68 bits per heavy atom. The van der Waals surface area contributed by atoms with Crippen LogP contribution < -0.4 is 10.6 Å². The SMILES string of the molecule is CN1CCC(OCC(=O)N[C@@H]2CCC(=O)N[C@H]2c2ccccc2)CC1. The fraction of sp³-hybridized carbons (Fsp3) is 0.579. The number of hydrogen-bond acceptors (Lipinski definition) is 4. The molecule has 0 aromatic heterocycles. The van der Waals surface area contributed by atoms with Crippen LogP contribution in [0.3, 0.4) is 0 Å². The van der Waals surface area contributed by atoms with Crippen molar-refractivity contribution in [2.75, 3.05) is 26.7 Å². The smallest absolute Gasteiger partial charge is 0.246 e. The summed E-state index contributed by atoms with van der Waals surface area (Å²) in [5, 5.41) is 6.05. The number of rotatable bonds is 5. The summed E-state index contributed by atoms with van der Waals surface area (Å²) >= 11 is 0. The van der Waals surface area contributed by atoms with Gasteiger partial charge in [-0.15, -0.1) is 0 Å². The number of carbonyl (C=O) groups excluding carboxylic acids is 2. The van der Waals surface area contributed by atoms with Crippen molar-refractivity contribution in [3.05, 3.63) is 35.9 Å². The van der Waals surface area contributed by atoms with Gasteiger partial charge in [-0.05, 0) is 31.9 Å². The number of amides is 2. The molecule has 0 spiro atoms. The van der Waals surface area contributed by atoms with Gasteiger partial charge in [0.15, 0.2) is 0 Å². The van der Waals surface area contributed by atoms with Crippen molar-refractivity contribution in [1.82, 2.24) is 15.5 Å². The van der Waals surface area contributed by atoms with Crippen LogP contribution in [0, 0.1) is 0 Å². The molecule has 0 saturated carbocycles. The average molecular weight is 345 g/mol. The molecule has 2 amide bonds. The number of carbonyl (C=O) groups is 2. The highest BCUT2D eigenvalue weighted by molar-refractivity contribution is 5.80. The van der Waals surface area contributed by atoms with Crippen molar-refractivity contribution < 1.29 is 14.3 Å². The van der Waals surface area contributed by atoms with Crippen molar-refractivity contribution >= 4 is 11.8 Å². The van der Waals surface area contributed by atoms with Crippen LogP contribution in [0.4, 0.5) is 0 Å². The predicted octanol–water partition coefficient (Wildman–Crippen LogP) is 1.23. The van der Waals surface area contributed by atoms with Crippen molar-refractivity contribution in [1.29, 1.82) is 0 Å². The van der Waals surface area contributed by atoms with Crippen LogP contribution in [-0.4, -0.2) is 55.6 Å². The Morgan fingerprint density at radius 2 is 1.96 bits per heavy atom. The van der Waals surface area contributed by atoms with Crippen molar-refractivity contribution in [2.45, 2.75) is 43.9 Å². The summed E-state index contributed by atoms with van der Waals surface area (Å²) in [6, 6.07) is 9.49. The van der Waals surface area contributed by atoms with Crippen LogP contribution in [0.1, 0.15) is 37.3 Å². The van der Waals surface area contributed by atoms with Crippen LogP contribution >= 0.6 is 0 Å². The van der Waals surface area contributed by atoms with Crippen molar-refractivity contribution in [3.8, 4) is 0 Å². The highest BCUT2D eigenvalue weighted by Gasteiger charge is 2.31. The summed E-state index contributed by atoms with van der Waals surface area (Å²) < 4.78 is 5.77. The second-order valence-corrected chi connectivity index (χ2v) is 6.98. The number of piperidine rings is 2. The average Bonchev–Trinajstić information content (AvgIpc) is 2.63. The minimum atomic E-state index is -0.185. The second kappa shape index (κ2) is 8.45. The zero-order valence-corrected chi connectivity index (χ0v) is 14.7. The third-order valence-electron chi connectivity index (χ3n) is 5.02. The lowest BCUT2D eigenvalue weighted by Crippen LogP contribution is -2.51. The number of nitrogens with one attached hydrogen (secondary N) is 2. The highest BCUT2D eigenvalue weighted by Crippen LogP contribution is 2.24. The lowest BCUT2D eigenvalue weighted by molar-refractivity contribution is -0.131. The molecular weight excluding hydrogens is 318 g/mol. The van der Waals surface area contributed by atoms with Crippen molar-refractivity contribution in [2.24, 2.45) is 0 Å². The molecule has 136 valence electrons. The van der Waals surface area contributed by atoms with E-state index in [1.165, 1.54) is 0 Å². The Hall–Kier alpha value is -1.92. The van der Waals surface area contributed by atoms with Gasteiger partial charge in [0, 0.05) is 19.5 Å². The van der Waals surface area contributed by atoms with E-state index >= 15 is 0 Å². The molecule has 25 heavy (non-hydrogen) atoms. The van der Waals surface area contributed by atoms with E-state index in [4.69, 9.17) is 4.74 Å². The zero-order chi connectivity index (χ0) is 17.6. The van der Waals surface area contributed by atoms with Gasteiger partial charge < -0.3 is 20.3 Å². The van der Waals surface area contributed by atoms with E-state index in [1.54, 1.807) is 0 Å². The summed E-state index contributed by atoms with van der Waals surface area (Å²) in [6.07, 6.45) is 3.18. The number of hydrogen-bond donors (Lipinski definition) is 2. The number of likely N-dealkylation sites (tertiary alicyclic amines) is 1. The first-order valence-electron chi connectivity index (χ1n) is 9.05. The van der Waals surface area contributed by atoms with Gasteiger partial charge in [0.2, 0.25) is 11.8 Å². The minimum Gasteiger partial charge on any atom is -0.368 e. The molecule has 2 saturated heterocycles. The third kappa shape index (κ3) is 5.03. The van der Waals surface area contributed by atoms with Gasteiger partial charge >= 0.3 is 0 Å². The Morgan fingerprint density at radius 1 is 1.24 bits per heavy atom. The topological polar surface area (TPSA) is 70.7 Å². The molecule has 2 fully saturated rings.